The average molecular weight is 1600 g/mol. The molecular weight excluding hydrogens is 1430 g/mol. The molecule has 0 bridgehead atoms. The lowest BCUT2D eigenvalue weighted by atomic mass is 10.1. The molecule has 0 rings (SSSR count). The first kappa shape index (κ1) is 106. The van der Waals surface area contributed by atoms with Crippen LogP contribution in [0.3, 0.4) is 0 Å². The SMILES string of the molecule is CCCCC/C=C\C/C=C\C/C=C\C/C=C\CCCCCCCCCCCC(=O)OCC(O)COP(=O)(O)OCC(O)COP(=O)(O)OCC(COC(=O)CCCCCCCCCCC/C=C\C/C=C\C/C=C\C/C=C\CCCCC)OC(=O)CCCCCCCCCCC/C=C\C/C=C\C/C=C\C/C=C\CCCCC. The smallest absolute Gasteiger partial charge is 0.463 e. The van der Waals surface area contributed by atoms with Crippen LogP contribution in [0.25, 0.3) is 0 Å². The summed E-state index contributed by atoms with van der Waals surface area (Å²) in [5.41, 5.74) is 0. The monoisotopic (exact) mass is 1600 g/mol. The van der Waals surface area contributed by atoms with E-state index < -0.39 is 91.5 Å². The summed E-state index contributed by atoms with van der Waals surface area (Å²) in [5.74, 6) is -1.59. The molecule has 0 aromatic heterocycles. The minimum atomic E-state index is -4.95. The van der Waals surface area contributed by atoms with E-state index in [4.69, 9.17) is 32.3 Å². The van der Waals surface area contributed by atoms with Crippen molar-refractivity contribution in [3.63, 3.8) is 0 Å². The molecule has 5 atom stereocenters. The number of esters is 3. The Morgan fingerprint density at radius 2 is 0.450 bits per heavy atom. The molecule has 0 amide bonds. The zero-order valence-corrected chi connectivity index (χ0v) is 71.9. The molecule has 111 heavy (non-hydrogen) atoms. The molecule has 0 saturated carbocycles. The summed E-state index contributed by atoms with van der Waals surface area (Å²) >= 11 is 0. The van der Waals surface area contributed by atoms with Crippen molar-refractivity contribution in [1.82, 2.24) is 0 Å². The van der Waals surface area contributed by atoms with E-state index in [9.17, 15) is 43.5 Å². The van der Waals surface area contributed by atoms with E-state index in [0.717, 1.165) is 154 Å². The number of hydrogen-bond donors (Lipinski definition) is 4. The lowest BCUT2D eigenvalue weighted by molar-refractivity contribution is -0.161. The van der Waals surface area contributed by atoms with Gasteiger partial charge in [-0.2, -0.15) is 0 Å². The van der Waals surface area contributed by atoms with Crippen LogP contribution in [0.4, 0.5) is 0 Å². The number of allylic oxidation sites excluding steroid dienone is 24. The third kappa shape index (κ3) is 86.1. The number of unbranched alkanes of at least 4 members (excludes halogenated alkanes) is 36. The molecule has 0 fully saturated rings. The summed E-state index contributed by atoms with van der Waals surface area (Å²) in [6, 6.07) is 0. The summed E-state index contributed by atoms with van der Waals surface area (Å²) in [6.45, 7) is 2.62. The predicted molar refractivity (Wildman–Crippen MR) is 463 cm³/mol. The van der Waals surface area contributed by atoms with Gasteiger partial charge in [0.15, 0.2) is 6.10 Å². The Morgan fingerprint density at radius 1 is 0.252 bits per heavy atom. The lowest BCUT2D eigenvalue weighted by Crippen LogP contribution is -2.30. The van der Waals surface area contributed by atoms with Crippen LogP contribution in [0.15, 0.2) is 146 Å². The van der Waals surface area contributed by atoms with Crippen LogP contribution in [0.2, 0.25) is 0 Å². The normalized spacial score (nSPS) is 14.5. The minimum Gasteiger partial charge on any atom is -0.463 e. The second kappa shape index (κ2) is 84.8. The Labute approximate surface area is 677 Å². The predicted octanol–water partition coefficient (Wildman–Crippen LogP) is 26.8. The van der Waals surface area contributed by atoms with Gasteiger partial charge in [0.2, 0.25) is 0 Å². The molecule has 0 aliphatic heterocycles. The van der Waals surface area contributed by atoms with E-state index in [1.165, 1.54) is 154 Å². The van der Waals surface area contributed by atoms with Crippen LogP contribution in [0, 0.1) is 0 Å². The van der Waals surface area contributed by atoms with E-state index in [-0.39, 0.29) is 19.3 Å². The van der Waals surface area contributed by atoms with Crippen molar-refractivity contribution >= 4 is 33.6 Å². The van der Waals surface area contributed by atoms with Gasteiger partial charge in [-0.05, 0) is 154 Å². The molecule has 0 saturated heterocycles. The highest BCUT2D eigenvalue weighted by Crippen LogP contribution is 2.45. The van der Waals surface area contributed by atoms with E-state index in [0.29, 0.717) is 19.3 Å². The van der Waals surface area contributed by atoms with Crippen molar-refractivity contribution in [1.29, 1.82) is 0 Å². The van der Waals surface area contributed by atoms with Crippen molar-refractivity contribution < 1.29 is 75.8 Å². The number of hydrogen-bond acceptors (Lipinski definition) is 14. The van der Waals surface area contributed by atoms with Crippen LogP contribution in [0.5, 0.6) is 0 Å². The fourth-order valence-corrected chi connectivity index (χ4v) is 13.3. The zero-order chi connectivity index (χ0) is 80.8. The molecule has 0 radical (unpaired) electrons. The molecule has 0 heterocycles. The molecule has 0 aromatic carbocycles. The van der Waals surface area contributed by atoms with Gasteiger partial charge in [-0.15, -0.1) is 0 Å². The minimum absolute atomic E-state index is 0.0922. The topological polar surface area (TPSA) is 231 Å². The number of ether oxygens (including phenoxy) is 3. The Morgan fingerprint density at radius 3 is 0.712 bits per heavy atom. The number of carbonyl (C=O) groups excluding carboxylic acids is 3. The fraction of sp³-hybridized carbons (Fsp3) is 0.710. The van der Waals surface area contributed by atoms with E-state index in [1.807, 2.05) is 0 Å². The second-order valence-electron chi connectivity index (χ2n) is 29.3. The Bertz CT molecular complexity index is 2600. The number of aliphatic hydroxyl groups excluding tert-OH is 2. The molecule has 638 valence electrons. The molecule has 4 N–H and O–H groups in total. The van der Waals surface area contributed by atoms with Gasteiger partial charge in [0.25, 0.3) is 0 Å². The van der Waals surface area contributed by atoms with Gasteiger partial charge in [0.1, 0.15) is 25.4 Å². The highest BCUT2D eigenvalue weighted by Gasteiger charge is 2.29. The molecule has 0 aliphatic carbocycles. The highest BCUT2D eigenvalue weighted by molar-refractivity contribution is 7.47. The van der Waals surface area contributed by atoms with Crippen molar-refractivity contribution in [2.75, 3.05) is 39.6 Å². The molecular formula is C93H160O16P2. The second-order valence-corrected chi connectivity index (χ2v) is 32.2. The van der Waals surface area contributed by atoms with Gasteiger partial charge in [0, 0.05) is 19.3 Å². The van der Waals surface area contributed by atoms with Crippen LogP contribution in [0.1, 0.15) is 367 Å². The first-order valence-corrected chi connectivity index (χ1v) is 47.1. The van der Waals surface area contributed by atoms with Gasteiger partial charge < -0.3 is 34.2 Å². The molecule has 18 heteroatoms. The third-order valence-electron chi connectivity index (χ3n) is 18.5. The molecule has 5 unspecified atom stereocenters. The zero-order valence-electron chi connectivity index (χ0n) is 70.1. The molecule has 16 nitrogen and oxygen atoms in total. The van der Waals surface area contributed by atoms with Crippen LogP contribution < -0.4 is 0 Å². The maximum Gasteiger partial charge on any atom is 0.472 e. The van der Waals surface area contributed by atoms with Gasteiger partial charge >= 0.3 is 33.6 Å². The quantitative estimate of drug-likeness (QED) is 0.0146. The highest BCUT2D eigenvalue weighted by atomic mass is 31.2. The fourth-order valence-electron chi connectivity index (χ4n) is 11.8. The molecule has 0 spiro atoms. The Kier molecular flexibility index (Phi) is 81.3. The standard InChI is InChI=1S/C93H160O16P2/c1-4-7-10-13-16-19-22-25-28-31-34-37-40-43-46-49-52-55-58-61-64-67-70-73-76-79-91(96)103-82-88(94)83-105-110(99,100)106-84-89(95)85-107-111(101,102)108-87-90(109-93(98)81-78-75-72-69-66-63-60-57-54-51-48-45-42-39-36-33-30-27-24-21-18-15-12-9-6-3)86-104-92(97)80-77-74-71-68-65-62-59-56-53-50-47-44-41-38-35-32-29-26-23-20-17-14-11-8-5-2/h16-21,25-30,34-39,43-48,88-90,94-95H,4-15,22-24,31-33,40-42,49-87H2,1-3H3,(H,99,100)(H,101,102)/b19-16-,20-17-,21-18-,28-25-,29-26-,30-27-,37-34-,38-35-,39-36-,46-43-,47-44-,48-45-. The first-order valence-electron chi connectivity index (χ1n) is 44.1. The largest absolute Gasteiger partial charge is 0.472 e. The molecule has 0 aliphatic rings. The maximum absolute atomic E-state index is 13.1. The first-order chi connectivity index (χ1) is 54.2. The summed E-state index contributed by atoms with van der Waals surface area (Å²) in [5, 5.41) is 20.7. The van der Waals surface area contributed by atoms with E-state index >= 15 is 0 Å². The summed E-state index contributed by atoms with van der Waals surface area (Å²) < 4.78 is 61.4. The Hall–Kier alpha value is -4.57. The number of rotatable bonds is 83. The average Bonchev–Trinajstić information content (AvgIpc) is 0.900. The van der Waals surface area contributed by atoms with Gasteiger partial charge in [-0.25, -0.2) is 9.13 Å². The summed E-state index contributed by atoms with van der Waals surface area (Å²) in [6.07, 6.45) is 106. The third-order valence-corrected chi connectivity index (χ3v) is 20.4. The Balaban J connectivity index is 4.71. The number of phosphoric ester groups is 2. The van der Waals surface area contributed by atoms with Crippen LogP contribution >= 0.6 is 15.6 Å². The van der Waals surface area contributed by atoms with Crippen LogP contribution in [-0.2, 0) is 55.8 Å². The van der Waals surface area contributed by atoms with Crippen LogP contribution in [-0.4, -0.2) is 95.9 Å². The van der Waals surface area contributed by atoms with Gasteiger partial charge in [-0.1, -0.05) is 340 Å². The number of phosphoric acid groups is 2. The summed E-state index contributed by atoms with van der Waals surface area (Å²) in [4.78, 5) is 59.0. The van der Waals surface area contributed by atoms with Crippen molar-refractivity contribution in [3.8, 4) is 0 Å². The maximum atomic E-state index is 13.1. The van der Waals surface area contributed by atoms with E-state index in [2.05, 4.69) is 167 Å². The van der Waals surface area contributed by atoms with Crippen molar-refractivity contribution in [3.05, 3.63) is 146 Å². The van der Waals surface area contributed by atoms with Crippen molar-refractivity contribution in [2.45, 2.75) is 386 Å². The van der Waals surface area contributed by atoms with E-state index in [1.54, 1.807) is 0 Å². The van der Waals surface area contributed by atoms with Gasteiger partial charge in [0.05, 0.1) is 26.4 Å². The van der Waals surface area contributed by atoms with Crippen molar-refractivity contribution in [2.24, 2.45) is 0 Å². The molecule has 0 aromatic rings. The lowest BCUT2D eigenvalue weighted by Gasteiger charge is -2.21. The number of carbonyl (C=O) groups is 3. The van der Waals surface area contributed by atoms with Gasteiger partial charge in [-0.3, -0.25) is 32.5 Å². The number of aliphatic hydroxyl groups is 2. The summed E-state index contributed by atoms with van der Waals surface area (Å²) in [7, 11) is -9.81.